The molecule has 2 aromatic carbocycles. The molecular formula is C19H17F2NO5. The Kier molecular flexibility index (Phi) is 5.25. The molecule has 3 rings (SSSR count). The van der Waals surface area contributed by atoms with Crippen molar-refractivity contribution in [1.29, 1.82) is 0 Å². The van der Waals surface area contributed by atoms with E-state index in [1.165, 1.54) is 18.2 Å². The Morgan fingerprint density at radius 3 is 2.56 bits per heavy atom. The fraction of sp³-hybridized carbons (Fsp3) is 0.263. The first kappa shape index (κ1) is 18.6. The predicted molar refractivity (Wildman–Crippen MR) is 91.7 cm³/mol. The van der Waals surface area contributed by atoms with Gasteiger partial charge in [0.1, 0.15) is 0 Å². The van der Waals surface area contributed by atoms with Gasteiger partial charge in [0.05, 0.1) is 6.42 Å². The monoisotopic (exact) mass is 377 g/mol. The fourth-order valence-electron chi connectivity index (χ4n) is 2.58. The lowest BCUT2D eigenvalue weighted by molar-refractivity contribution is -0.286. The van der Waals surface area contributed by atoms with Gasteiger partial charge in [-0.2, -0.15) is 0 Å². The lowest BCUT2D eigenvalue weighted by Gasteiger charge is -2.11. The first-order valence-electron chi connectivity index (χ1n) is 8.23. The maximum Gasteiger partial charge on any atom is 0.586 e. The highest BCUT2D eigenvalue weighted by atomic mass is 19.3. The van der Waals surface area contributed by atoms with Crippen LogP contribution in [0.15, 0.2) is 48.5 Å². The molecule has 0 spiro atoms. The summed E-state index contributed by atoms with van der Waals surface area (Å²) >= 11 is 0. The maximum absolute atomic E-state index is 13.0. The summed E-state index contributed by atoms with van der Waals surface area (Å²) in [7, 11) is 0. The van der Waals surface area contributed by atoms with Crippen LogP contribution in [0.5, 0.6) is 11.5 Å². The first-order valence-corrected chi connectivity index (χ1v) is 8.23. The Hall–Kier alpha value is -3.16. The minimum atomic E-state index is -3.73. The molecule has 142 valence electrons. The van der Waals surface area contributed by atoms with E-state index < -0.39 is 24.8 Å². The van der Waals surface area contributed by atoms with Crippen molar-refractivity contribution >= 4 is 17.6 Å². The van der Waals surface area contributed by atoms with E-state index >= 15 is 0 Å². The zero-order chi connectivity index (χ0) is 19.4. The number of alkyl halides is 2. The van der Waals surface area contributed by atoms with Gasteiger partial charge in [0.2, 0.25) is 0 Å². The number of rotatable bonds is 6. The Labute approximate surface area is 154 Å². The second-order valence-electron chi connectivity index (χ2n) is 6.05. The van der Waals surface area contributed by atoms with Crippen molar-refractivity contribution in [3.05, 3.63) is 54.1 Å². The van der Waals surface area contributed by atoms with Crippen LogP contribution >= 0.6 is 0 Å². The Bertz CT molecular complexity index is 841. The van der Waals surface area contributed by atoms with Crippen LogP contribution in [-0.2, 0) is 14.3 Å². The number of ether oxygens (including phenoxy) is 3. The van der Waals surface area contributed by atoms with E-state index in [-0.39, 0.29) is 29.5 Å². The summed E-state index contributed by atoms with van der Waals surface area (Å²) in [6, 6.07) is 13.3. The molecule has 1 heterocycles. The third-order valence-electron chi connectivity index (χ3n) is 3.89. The predicted octanol–water partition coefficient (Wildman–Crippen LogP) is 3.68. The number of halogens is 2. The van der Waals surface area contributed by atoms with Gasteiger partial charge in [-0.3, -0.25) is 9.59 Å². The second-order valence-corrected chi connectivity index (χ2v) is 6.05. The number of esters is 1. The van der Waals surface area contributed by atoms with Gasteiger partial charge < -0.3 is 19.5 Å². The van der Waals surface area contributed by atoms with E-state index in [1.807, 2.05) is 37.3 Å². The van der Waals surface area contributed by atoms with Crippen molar-refractivity contribution in [1.82, 2.24) is 0 Å². The highest BCUT2D eigenvalue weighted by Gasteiger charge is 2.43. The number of hydrogen-bond acceptors (Lipinski definition) is 5. The summed E-state index contributed by atoms with van der Waals surface area (Å²) in [6.45, 7) is 1.41. The molecular weight excluding hydrogens is 360 g/mol. The van der Waals surface area contributed by atoms with E-state index in [1.54, 1.807) is 0 Å². The number of amides is 1. The SMILES string of the molecule is C[C@@H](CC(=O)OCC(=O)Nc1ccc2c(c1)OC(F)(F)O2)c1ccccc1. The number of nitrogens with one attached hydrogen (secondary N) is 1. The number of hydrogen-bond donors (Lipinski definition) is 1. The van der Waals surface area contributed by atoms with Gasteiger partial charge in [-0.25, -0.2) is 0 Å². The molecule has 1 aliphatic heterocycles. The van der Waals surface area contributed by atoms with Gasteiger partial charge in [-0.05, 0) is 23.6 Å². The average molecular weight is 377 g/mol. The molecule has 0 fully saturated rings. The highest BCUT2D eigenvalue weighted by molar-refractivity contribution is 5.93. The molecule has 0 aromatic heterocycles. The lowest BCUT2D eigenvalue weighted by atomic mass is 9.98. The van der Waals surface area contributed by atoms with Gasteiger partial charge in [-0.15, -0.1) is 8.78 Å². The molecule has 6 nitrogen and oxygen atoms in total. The molecule has 0 saturated heterocycles. The molecule has 1 N–H and O–H groups in total. The van der Waals surface area contributed by atoms with Crippen LogP contribution in [0.3, 0.4) is 0 Å². The average Bonchev–Trinajstić information content (AvgIpc) is 2.94. The zero-order valence-electron chi connectivity index (χ0n) is 14.4. The van der Waals surface area contributed by atoms with Crippen LogP contribution in [0.2, 0.25) is 0 Å². The topological polar surface area (TPSA) is 73.9 Å². The van der Waals surface area contributed by atoms with Gasteiger partial charge in [0, 0.05) is 11.8 Å². The van der Waals surface area contributed by atoms with Crippen molar-refractivity contribution < 1.29 is 32.6 Å². The quantitative estimate of drug-likeness (QED) is 0.778. The van der Waals surface area contributed by atoms with Gasteiger partial charge in [0.25, 0.3) is 5.91 Å². The summed E-state index contributed by atoms with van der Waals surface area (Å²) in [5.41, 5.74) is 1.21. The largest absolute Gasteiger partial charge is 0.586 e. The summed E-state index contributed by atoms with van der Waals surface area (Å²) in [5, 5.41) is 2.44. The van der Waals surface area contributed by atoms with Gasteiger partial charge in [-0.1, -0.05) is 37.3 Å². The Balaban J connectivity index is 1.47. The Morgan fingerprint density at radius 2 is 1.81 bits per heavy atom. The molecule has 1 amide bonds. The van der Waals surface area contributed by atoms with E-state index in [2.05, 4.69) is 14.8 Å². The van der Waals surface area contributed by atoms with E-state index in [0.29, 0.717) is 0 Å². The van der Waals surface area contributed by atoms with Gasteiger partial charge in [0.15, 0.2) is 18.1 Å². The van der Waals surface area contributed by atoms with Crippen LogP contribution in [0.4, 0.5) is 14.5 Å². The number of carbonyl (C=O) groups is 2. The molecule has 0 unspecified atom stereocenters. The minimum absolute atomic E-state index is 0.0442. The molecule has 1 aliphatic rings. The van der Waals surface area contributed by atoms with E-state index in [0.717, 1.165) is 5.56 Å². The lowest BCUT2D eigenvalue weighted by Crippen LogP contribution is -2.25. The van der Waals surface area contributed by atoms with Crippen molar-refractivity contribution in [3.63, 3.8) is 0 Å². The fourth-order valence-corrected chi connectivity index (χ4v) is 2.58. The summed E-state index contributed by atoms with van der Waals surface area (Å²) in [6.07, 6.45) is -3.59. The third-order valence-corrected chi connectivity index (χ3v) is 3.89. The number of benzene rings is 2. The summed E-state index contributed by atoms with van der Waals surface area (Å²) < 4.78 is 39.5. The van der Waals surface area contributed by atoms with E-state index in [9.17, 15) is 18.4 Å². The molecule has 0 bridgehead atoms. The molecule has 8 heteroatoms. The standard InChI is InChI=1S/C19H17F2NO5/c1-12(13-5-3-2-4-6-13)9-18(24)25-11-17(23)22-14-7-8-15-16(10-14)27-19(20,21)26-15/h2-8,10,12H,9,11H2,1H3,(H,22,23)/t12-/m0/s1. The maximum atomic E-state index is 13.0. The second kappa shape index (κ2) is 7.61. The first-order chi connectivity index (χ1) is 12.8. The van der Waals surface area contributed by atoms with Crippen molar-refractivity contribution in [2.75, 3.05) is 11.9 Å². The van der Waals surface area contributed by atoms with Crippen molar-refractivity contribution in [2.45, 2.75) is 25.6 Å². The molecule has 27 heavy (non-hydrogen) atoms. The van der Waals surface area contributed by atoms with Crippen molar-refractivity contribution in [2.24, 2.45) is 0 Å². The molecule has 1 atom stereocenters. The normalized spacial score (nSPS) is 15.1. The minimum Gasteiger partial charge on any atom is -0.456 e. The summed E-state index contributed by atoms with van der Waals surface area (Å²) in [4.78, 5) is 23.8. The smallest absolute Gasteiger partial charge is 0.456 e. The van der Waals surface area contributed by atoms with E-state index in [4.69, 9.17) is 4.74 Å². The van der Waals surface area contributed by atoms with Crippen LogP contribution in [0.1, 0.15) is 24.8 Å². The third kappa shape index (κ3) is 4.93. The number of carbonyl (C=O) groups excluding carboxylic acids is 2. The van der Waals surface area contributed by atoms with Crippen LogP contribution < -0.4 is 14.8 Å². The molecule has 2 aromatic rings. The van der Waals surface area contributed by atoms with Crippen LogP contribution in [-0.4, -0.2) is 24.8 Å². The van der Waals surface area contributed by atoms with Crippen LogP contribution in [0.25, 0.3) is 0 Å². The highest BCUT2D eigenvalue weighted by Crippen LogP contribution is 2.42. The summed E-state index contributed by atoms with van der Waals surface area (Å²) in [5.74, 6) is -1.46. The number of fused-ring (bicyclic) bond motifs is 1. The Morgan fingerprint density at radius 1 is 1.11 bits per heavy atom. The van der Waals surface area contributed by atoms with Gasteiger partial charge >= 0.3 is 12.3 Å². The molecule has 0 aliphatic carbocycles. The zero-order valence-corrected chi connectivity index (χ0v) is 14.4. The molecule has 0 saturated carbocycles. The van der Waals surface area contributed by atoms with Crippen molar-refractivity contribution in [3.8, 4) is 11.5 Å². The number of anilines is 1. The van der Waals surface area contributed by atoms with Crippen LogP contribution in [0, 0.1) is 0 Å². The molecule has 0 radical (unpaired) electrons.